The van der Waals surface area contributed by atoms with E-state index in [0.29, 0.717) is 0 Å². The Morgan fingerprint density at radius 2 is 1.59 bits per heavy atom. The molecule has 32 heavy (non-hydrogen) atoms. The molecule has 0 amide bonds. The number of imidazole rings is 1. The highest BCUT2D eigenvalue weighted by Crippen LogP contribution is 2.32. The molecule has 3 aromatic carbocycles. The summed E-state index contributed by atoms with van der Waals surface area (Å²) in [6.45, 7) is 1.07. The molecule has 1 saturated carbocycles. The molecule has 3 heteroatoms. The van der Waals surface area contributed by atoms with Gasteiger partial charge in [0.1, 0.15) is 11.6 Å². The maximum atomic E-state index is 5.30. The van der Waals surface area contributed by atoms with Crippen molar-refractivity contribution in [2.24, 2.45) is 5.92 Å². The van der Waals surface area contributed by atoms with Crippen LogP contribution in [-0.4, -0.2) is 16.7 Å². The number of hydrogen-bond donors (Lipinski definition) is 0. The Kier molecular flexibility index (Phi) is 6.24. The van der Waals surface area contributed by atoms with E-state index in [2.05, 4.69) is 65.2 Å². The van der Waals surface area contributed by atoms with E-state index in [1.165, 1.54) is 54.3 Å². The molecule has 4 aromatic rings. The van der Waals surface area contributed by atoms with Crippen molar-refractivity contribution >= 4 is 11.0 Å². The molecular formula is C29H32N2O. The molecule has 1 fully saturated rings. The monoisotopic (exact) mass is 424 g/mol. The summed E-state index contributed by atoms with van der Waals surface area (Å²) in [5.41, 5.74) is 6.33. The van der Waals surface area contributed by atoms with Gasteiger partial charge in [-0.25, -0.2) is 4.98 Å². The summed E-state index contributed by atoms with van der Waals surface area (Å²) in [7, 11) is 1.71. The van der Waals surface area contributed by atoms with Crippen molar-refractivity contribution in [3.63, 3.8) is 0 Å². The highest BCUT2D eigenvalue weighted by molar-refractivity contribution is 5.81. The maximum Gasteiger partial charge on any atom is 0.141 e. The Morgan fingerprint density at radius 3 is 2.41 bits per heavy atom. The number of aryl methyl sites for hydroxylation is 2. The molecule has 164 valence electrons. The lowest BCUT2D eigenvalue weighted by atomic mass is 9.89. The quantitative estimate of drug-likeness (QED) is 0.317. The van der Waals surface area contributed by atoms with Gasteiger partial charge in [-0.2, -0.15) is 0 Å². The van der Waals surface area contributed by atoms with Crippen LogP contribution >= 0.6 is 0 Å². The Bertz CT molecular complexity index is 1170. The number of ether oxygens (including phenoxy) is 1. The number of rotatable bonds is 7. The third kappa shape index (κ3) is 4.43. The van der Waals surface area contributed by atoms with Gasteiger partial charge >= 0.3 is 0 Å². The molecule has 1 aliphatic rings. The van der Waals surface area contributed by atoms with Crippen molar-refractivity contribution in [2.75, 3.05) is 7.11 Å². The zero-order chi connectivity index (χ0) is 21.8. The van der Waals surface area contributed by atoms with Gasteiger partial charge in [-0.1, -0.05) is 67.8 Å². The number of methoxy groups -OCH3 is 1. The third-order valence-electron chi connectivity index (χ3n) is 6.92. The number of benzene rings is 3. The second-order valence-electron chi connectivity index (χ2n) is 9.04. The van der Waals surface area contributed by atoms with Crippen LogP contribution in [0.5, 0.6) is 5.75 Å². The second-order valence-corrected chi connectivity index (χ2v) is 9.04. The Hall–Kier alpha value is -3.07. The van der Waals surface area contributed by atoms with Crippen LogP contribution in [0.2, 0.25) is 0 Å². The highest BCUT2D eigenvalue weighted by Gasteiger charge is 2.20. The van der Waals surface area contributed by atoms with Crippen LogP contribution in [0.4, 0.5) is 0 Å². The van der Waals surface area contributed by atoms with Crippen molar-refractivity contribution < 1.29 is 4.74 Å². The first-order chi connectivity index (χ1) is 15.8. The van der Waals surface area contributed by atoms with E-state index in [0.717, 1.165) is 42.4 Å². The standard InChI is InChI=1S/C29H32N2O/c1-32-25-19-16-22(17-20-25)15-18-24-11-5-6-12-26(24)29-30-27-13-7-8-14-28(27)31(29)21-23-9-3-2-4-10-23/h5-8,11-14,16-17,19-20,23H,2-4,9-10,15,18,21H2,1H3. The van der Waals surface area contributed by atoms with Crippen LogP contribution in [0.25, 0.3) is 22.4 Å². The zero-order valence-electron chi connectivity index (χ0n) is 19.0. The van der Waals surface area contributed by atoms with E-state index < -0.39 is 0 Å². The topological polar surface area (TPSA) is 27.1 Å². The van der Waals surface area contributed by atoms with Crippen molar-refractivity contribution in [2.45, 2.75) is 51.5 Å². The molecular weight excluding hydrogens is 392 g/mol. The molecule has 0 radical (unpaired) electrons. The van der Waals surface area contributed by atoms with Crippen LogP contribution < -0.4 is 4.74 Å². The van der Waals surface area contributed by atoms with Crippen LogP contribution in [0.1, 0.15) is 43.2 Å². The predicted octanol–water partition coefficient (Wildman–Crippen LogP) is 7.08. The lowest BCUT2D eigenvalue weighted by molar-refractivity contribution is 0.323. The molecule has 1 heterocycles. The zero-order valence-corrected chi connectivity index (χ0v) is 19.0. The maximum absolute atomic E-state index is 5.30. The van der Waals surface area contributed by atoms with Gasteiger partial charge in [0, 0.05) is 12.1 Å². The number of nitrogens with zero attached hydrogens (tertiary/aromatic N) is 2. The predicted molar refractivity (Wildman–Crippen MR) is 132 cm³/mol. The first kappa shape index (κ1) is 20.8. The van der Waals surface area contributed by atoms with Crippen LogP contribution in [-0.2, 0) is 19.4 Å². The van der Waals surface area contributed by atoms with Crippen LogP contribution in [0, 0.1) is 5.92 Å². The molecule has 0 aliphatic heterocycles. The van der Waals surface area contributed by atoms with Crippen molar-refractivity contribution in [3.8, 4) is 17.1 Å². The molecule has 1 aliphatic carbocycles. The summed E-state index contributed by atoms with van der Waals surface area (Å²) in [6, 6.07) is 25.9. The van der Waals surface area contributed by atoms with Gasteiger partial charge in [0.2, 0.25) is 0 Å². The van der Waals surface area contributed by atoms with Crippen molar-refractivity contribution in [3.05, 3.63) is 83.9 Å². The minimum absolute atomic E-state index is 0.756. The molecule has 0 saturated heterocycles. The first-order valence-electron chi connectivity index (χ1n) is 12.0. The van der Waals surface area contributed by atoms with Gasteiger partial charge in [-0.3, -0.25) is 0 Å². The molecule has 1 aromatic heterocycles. The van der Waals surface area contributed by atoms with Crippen LogP contribution in [0.15, 0.2) is 72.8 Å². The van der Waals surface area contributed by atoms with Gasteiger partial charge in [0.05, 0.1) is 18.1 Å². The normalized spacial score (nSPS) is 14.7. The molecule has 0 atom stereocenters. The van der Waals surface area contributed by atoms with E-state index in [4.69, 9.17) is 9.72 Å². The fourth-order valence-electron chi connectivity index (χ4n) is 5.12. The highest BCUT2D eigenvalue weighted by atomic mass is 16.5. The molecule has 0 N–H and O–H groups in total. The largest absolute Gasteiger partial charge is 0.497 e. The van der Waals surface area contributed by atoms with E-state index in [-0.39, 0.29) is 0 Å². The summed E-state index contributed by atoms with van der Waals surface area (Å²) in [4.78, 5) is 5.13. The van der Waals surface area contributed by atoms with Crippen molar-refractivity contribution in [1.29, 1.82) is 0 Å². The van der Waals surface area contributed by atoms with Gasteiger partial charge in [0.15, 0.2) is 0 Å². The summed E-state index contributed by atoms with van der Waals surface area (Å²) in [5, 5.41) is 0. The lowest BCUT2D eigenvalue weighted by Crippen LogP contribution is -2.15. The van der Waals surface area contributed by atoms with E-state index in [9.17, 15) is 0 Å². The Morgan fingerprint density at radius 1 is 0.844 bits per heavy atom. The Balaban J connectivity index is 1.47. The first-order valence-corrected chi connectivity index (χ1v) is 12.0. The lowest BCUT2D eigenvalue weighted by Gasteiger charge is -2.23. The second kappa shape index (κ2) is 9.60. The minimum Gasteiger partial charge on any atom is -0.497 e. The number of aromatic nitrogens is 2. The minimum atomic E-state index is 0.756. The summed E-state index contributed by atoms with van der Waals surface area (Å²) < 4.78 is 7.80. The van der Waals surface area contributed by atoms with Gasteiger partial charge in [-0.15, -0.1) is 0 Å². The molecule has 0 bridgehead atoms. The van der Waals surface area contributed by atoms with Gasteiger partial charge < -0.3 is 9.30 Å². The average Bonchev–Trinajstić information content (AvgIpc) is 3.22. The summed E-state index contributed by atoms with van der Waals surface area (Å²) in [6.07, 6.45) is 8.80. The Labute approximate surface area is 191 Å². The number of hydrogen-bond acceptors (Lipinski definition) is 2. The molecule has 3 nitrogen and oxygen atoms in total. The number of para-hydroxylation sites is 2. The summed E-state index contributed by atoms with van der Waals surface area (Å²) >= 11 is 0. The van der Waals surface area contributed by atoms with Gasteiger partial charge in [-0.05, 0) is 67.0 Å². The van der Waals surface area contributed by atoms with Crippen molar-refractivity contribution in [1.82, 2.24) is 9.55 Å². The average molecular weight is 425 g/mol. The third-order valence-corrected chi connectivity index (χ3v) is 6.92. The molecule has 5 rings (SSSR count). The summed E-state index contributed by atoms with van der Waals surface area (Å²) in [5.74, 6) is 2.79. The molecule has 0 unspecified atom stereocenters. The fourth-order valence-corrected chi connectivity index (χ4v) is 5.12. The number of fused-ring (bicyclic) bond motifs is 1. The SMILES string of the molecule is COc1ccc(CCc2ccccc2-c2nc3ccccc3n2CC2CCCCC2)cc1. The van der Waals surface area contributed by atoms with Gasteiger partial charge in [0.25, 0.3) is 0 Å². The van der Waals surface area contributed by atoms with E-state index in [1.807, 2.05) is 12.1 Å². The fraction of sp³-hybridized carbons (Fsp3) is 0.345. The smallest absolute Gasteiger partial charge is 0.141 e. The van der Waals surface area contributed by atoms with E-state index >= 15 is 0 Å². The molecule has 0 spiro atoms. The van der Waals surface area contributed by atoms with E-state index in [1.54, 1.807) is 7.11 Å². The van der Waals surface area contributed by atoms with Crippen LogP contribution in [0.3, 0.4) is 0 Å².